The molecular formula is C32H40Cl2N6O11S2. The van der Waals surface area contributed by atoms with Gasteiger partial charge in [-0.3, -0.25) is 19.4 Å². The molecule has 3 aromatic carbocycles. The first-order valence-electron chi connectivity index (χ1n) is 16.8. The molecule has 4 saturated heterocycles. The van der Waals surface area contributed by atoms with E-state index in [1.54, 1.807) is 6.92 Å². The predicted octanol–water partition coefficient (Wildman–Crippen LogP) is 0.822. The molecule has 4 aliphatic rings. The number of ether oxygens (including phenoxy) is 3. The first-order valence-corrected chi connectivity index (χ1v) is 20.5. The van der Waals surface area contributed by atoms with Crippen LogP contribution in [0.3, 0.4) is 0 Å². The topological polar surface area (TPSA) is 222 Å². The van der Waals surface area contributed by atoms with E-state index in [1.165, 1.54) is 32.9 Å². The summed E-state index contributed by atoms with van der Waals surface area (Å²) < 4.78 is 71.0. The highest BCUT2D eigenvalue weighted by Crippen LogP contribution is 2.41. The van der Waals surface area contributed by atoms with E-state index in [-0.39, 0.29) is 69.5 Å². The van der Waals surface area contributed by atoms with Gasteiger partial charge >= 0.3 is 0 Å². The van der Waals surface area contributed by atoms with Gasteiger partial charge in [-0.2, -0.15) is 8.61 Å². The van der Waals surface area contributed by atoms with Crippen molar-refractivity contribution < 1.29 is 41.3 Å². The average Bonchev–Trinajstić information content (AvgIpc) is 3.15. The van der Waals surface area contributed by atoms with E-state index in [0.717, 1.165) is 13.1 Å². The van der Waals surface area contributed by atoms with Gasteiger partial charge in [0.1, 0.15) is 15.5 Å². The summed E-state index contributed by atoms with van der Waals surface area (Å²) in [5.74, 6) is -1.28. The summed E-state index contributed by atoms with van der Waals surface area (Å²) in [6.45, 7) is 7.90. The lowest BCUT2D eigenvalue weighted by Crippen LogP contribution is -2.59. The smallest absolute Gasteiger partial charge is 0.272 e. The number of hydrogen-bond acceptors (Lipinski definition) is 15. The molecular weight excluding hydrogens is 779 g/mol. The maximum atomic E-state index is 13.3. The number of nitrogens with zero attached hydrogens (tertiary/aromatic N) is 4. The molecule has 3 aromatic rings. The second-order valence-electron chi connectivity index (χ2n) is 12.8. The lowest BCUT2D eigenvalue weighted by atomic mass is 10.2. The highest BCUT2D eigenvalue weighted by Gasteiger charge is 2.40. The Morgan fingerprint density at radius 3 is 1.83 bits per heavy atom. The van der Waals surface area contributed by atoms with Crippen LogP contribution >= 0.6 is 23.2 Å². The van der Waals surface area contributed by atoms with Gasteiger partial charge in [-0.1, -0.05) is 23.2 Å². The lowest BCUT2D eigenvalue weighted by molar-refractivity contribution is -0.0305. The second-order valence-corrected chi connectivity index (χ2v) is 17.3. The average molecular weight is 820 g/mol. The van der Waals surface area contributed by atoms with Crippen molar-refractivity contribution >= 4 is 60.3 Å². The van der Waals surface area contributed by atoms with Crippen molar-refractivity contribution in [3.63, 3.8) is 0 Å². The van der Waals surface area contributed by atoms with Crippen molar-refractivity contribution in [3.05, 3.63) is 54.8 Å². The van der Waals surface area contributed by atoms with Crippen LogP contribution in [-0.2, 0) is 29.5 Å². The molecule has 53 heavy (non-hydrogen) atoms. The van der Waals surface area contributed by atoms with Crippen LogP contribution in [0.15, 0.2) is 43.6 Å². The highest BCUT2D eigenvalue weighted by atomic mass is 35.5. The fourth-order valence-corrected chi connectivity index (χ4v) is 10.9. The summed E-state index contributed by atoms with van der Waals surface area (Å²) in [6.07, 6.45) is 0. The first-order chi connectivity index (χ1) is 25.2. The standard InChI is InChI=1S/C19H22ClN3O7S.C13H18ClN3O4S/c1-2-30-18-14(16(25)17(18)26)21-13-4-3-12(20)19(15(13)24)31(27,28)23-6-5-22-7-8-29-10-11(22)9-23;14-10-1-2-11(15)12(18)13(10)22(19,20)17-4-3-16-5-6-21-8-9(16)7-17/h3-4,11,21,24H,2,5-10H2,1H3;1-2,9,18H,3-8,15H2. The van der Waals surface area contributed by atoms with Gasteiger partial charge in [-0.15, -0.1) is 0 Å². The van der Waals surface area contributed by atoms with E-state index >= 15 is 0 Å². The second kappa shape index (κ2) is 15.9. The van der Waals surface area contributed by atoms with Gasteiger partial charge in [0, 0.05) is 64.4 Å². The van der Waals surface area contributed by atoms with E-state index in [2.05, 4.69) is 15.1 Å². The first kappa shape index (κ1) is 39.5. The number of fused-ring (bicyclic) bond motifs is 2. The van der Waals surface area contributed by atoms with Crippen molar-refractivity contribution in [2.24, 2.45) is 0 Å². The summed E-state index contributed by atoms with van der Waals surface area (Å²) in [5.41, 5.74) is 3.79. The summed E-state index contributed by atoms with van der Waals surface area (Å²) >= 11 is 12.2. The fraction of sp³-hybridized carbons (Fsp3) is 0.500. The van der Waals surface area contributed by atoms with Crippen LogP contribution in [-0.4, -0.2) is 143 Å². The fourth-order valence-electron chi connectivity index (χ4n) is 6.73. The zero-order valence-corrected chi connectivity index (χ0v) is 31.8. The van der Waals surface area contributed by atoms with Gasteiger partial charge in [0.25, 0.3) is 10.9 Å². The number of nitrogens with two attached hydrogens (primary N) is 1. The molecule has 4 aliphatic heterocycles. The number of anilines is 3. The molecule has 0 spiro atoms. The molecule has 0 bridgehead atoms. The van der Waals surface area contributed by atoms with Crippen molar-refractivity contribution in [3.8, 4) is 17.2 Å². The van der Waals surface area contributed by atoms with Crippen LogP contribution < -0.4 is 26.6 Å². The minimum absolute atomic E-state index is 0.0115. The van der Waals surface area contributed by atoms with E-state index in [4.69, 9.17) is 43.1 Å². The molecule has 290 valence electrons. The Bertz CT molecular complexity index is 2150. The monoisotopic (exact) mass is 818 g/mol. The Hall–Kier alpha value is -3.24. The molecule has 4 fully saturated rings. The van der Waals surface area contributed by atoms with E-state index in [1.807, 2.05) is 0 Å². The van der Waals surface area contributed by atoms with Gasteiger partial charge in [0.15, 0.2) is 17.2 Å². The SMILES string of the molecule is CCOc1c(Nc2ccc(Cl)c(S(=O)(=O)N3CCN4CCOCC4C3)c2O)c(=O)c1=O.Nc1ccc(Cl)c(S(=O)(=O)N2CCN3CCOCC3C2)c1O. The van der Waals surface area contributed by atoms with E-state index < -0.39 is 47.3 Å². The van der Waals surface area contributed by atoms with Gasteiger partial charge in [-0.05, 0) is 31.2 Å². The number of benzene rings is 2. The van der Waals surface area contributed by atoms with Crippen molar-refractivity contribution in [1.82, 2.24) is 18.4 Å². The number of hydrogen-bond donors (Lipinski definition) is 4. The van der Waals surface area contributed by atoms with E-state index in [0.29, 0.717) is 52.6 Å². The Morgan fingerprint density at radius 1 is 0.792 bits per heavy atom. The summed E-state index contributed by atoms with van der Waals surface area (Å²) in [4.78, 5) is 27.2. The maximum Gasteiger partial charge on any atom is 0.272 e. The van der Waals surface area contributed by atoms with Crippen LogP contribution in [0.5, 0.6) is 17.2 Å². The van der Waals surface area contributed by atoms with Crippen LogP contribution in [0.25, 0.3) is 0 Å². The normalized spacial score (nSPS) is 22.0. The van der Waals surface area contributed by atoms with Crippen LogP contribution in [0.2, 0.25) is 10.0 Å². The molecule has 17 nitrogen and oxygen atoms in total. The molecule has 0 saturated carbocycles. The number of halogens is 2. The van der Waals surface area contributed by atoms with Crippen LogP contribution in [0, 0.1) is 0 Å². The molecule has 21 heteroatoms. The van der Waals surface area contributed by atoms with Crippen LogP contribution in [0.1, 0.15) is 6.92 Å². The number of aromatic hydroxyl groups is 2. The van der Waals surface area contributed by atoms with E-state index in [9.17, 15) is 36.6 Å². The number of piperazine rings is 2. The molecule has 0 amide bonds. The summed E-state index contributed by atoms with van der Waals surface area (Å²) in [6, 6.07) is 5.35. The zero-order chi connectivity index (χ0) is 38.2. The molecule has 2 atom stereocenters. The Labute approximate surface area is 316 Å². The third kappa shape index (κ3) is 7.69. The van der Waals surface area contributed by atoms with Gasteiger partial charge in [0.2, 0.25) is 20.0 Å². The number of phenolic OH excluding ortho intramolecular Hbond substituents is 2. The molecule has 0 aliphatic carbocycles. The van der Waals surface area contributed by atoms with Crippen molar-refractivity contribution in [2.75, 3.05) is 96.4 Å². The Kier molecular flexibility index (Phi) is 11.8. The summed E-state index contributed by atoms with van der Waals surface area (Å²) in [7, 11) is -8.05. The van der Waals surface area contributed by atoms with Crippen LogP contribution in [0.4, 0.5) is 17.1 Å². The number of phenols is 2. The van der Waals surface area contributed by atoms with Gasteiger partial charge in [0.05, 0.1) is 54.5 Å². The minimum Gasteiger partial charge on any atom is -0.504 e. The molecule has 2 unspecified atom stereocenters. The summed E-state index contributed by atoms with van der Waals surface area (Å²) in [5, 5.41) is 23.2. The zero-order valence-electron chi connectivity index (χ0n) is 28.7. The molecule has 5 N–H and O–H groups in total. The maximum absolute atomic E-state index is 13.3. The molecule has 0 radical (unpaired) electrons. The van der Waals surface area contributed by atoms with Gasteiger partial charge < -0.3 is 35.5 Å². The van der Waals surface area contributed by atoms with Gasteiger partial charge in [-0.25, -0.2) is 16.8 Å². The number of rotatable bonds is 8. The van der Waals surface area contributed by atoms with Crippen molar-refractivity contribution in [1.29, 1.82) is 0 Å². The third-order valence-electron chi connectivity index (χ3n) is 9.61. The largest absolute Gasteiger partial charge is 0.504 e. The number of nitrogens with one attached hydrogen (secondary N) is 1. The molecule has 7 rings (SSSR count). The highest BCUT2D eigenvalue weighted by molar-refractivity contribution is 7.89. The molecule has 0 aromatic heterocycles. The molecule has 4 heterocycles. The minimum atomic E-state index is -4.14. The Balaban J connectivity index is 0.000000192. The Morgan fingerprint density at radius 2 is 1.30 bits per heavy atom. The third-order valence-corrected chi connectivity index (χ3v) is 14.3. The van der Waals surface area contributed by atoms with Crippen molar-refractivity contribution in [2.45, 2.75) is 28.8 Å². The number of sulfonamides is 2. The number of morpholine rings is 2. The quantitative estimate of drug-likeness (QED) is 0.140. The number of nitrogen functional groups attached to an aromatic ring is 1. The predicted molar refractivity (Wildman–Crippen MR) is 196 cm³/mol. The lowest BCUT2D eigenvalue weighted by Gasteiger charge is -2.43.